The van der Waals surface area contributed by atoms with Crippen molar-refractivity contribution in [3.63, 3.8) is 0 Å². The summed E-state index contributed by atoms with van der Waals surface area (Å²) in [5.74, 6) is 0. The van der Waals surface area contributed by atoms with Gasteiger partial charge in [0.2, 0.25) is 8.08 Å². The monoisotopic (exact) mass is 1170 g/mol. The largest absolute Gasteiger partial charge is 0.500 e. The molecule has 10 nitrogen and oxygen atoms in total. The van der Waals surface area contributed by atoms with Crippen LogP contribution in [0.1, 0.15) is 222 Å². The molecule has 0 saturated carbocycles. The zero-order chi connectivity index (χ0) is 61.2. The van der Waals surface area contributed by atoms with E-state index in [1.165, 1.54) is 0 Å². The zero-order valence-electron chi connectivity index (χ0n) is 55.8. The minimum absolute atomic E-state index is 1.48. The van der Waals surface area contributed by atoms with Gasteiger partial charge < -0.3 is 43.8 Å². The van der Waals surface area contributed by atoms with Gasteiger partial charge in [-0.15, -0.1) is 26.3 Å². The van der Waals surface area contributed by atoms with Crippen molar-refractivity contribution in [1.29, 1.82) is 0 Å². The van der Waals surface area contributed by atoms with Gasteiger partial charge in [0.25, 0.3) is 0 Å². The van der Waals surface area contributed by atoms with Crippen LogP contribution in [0.25, 0.3) is 0 Å². The van der Waals surface area contributed by atoms with E-state index in [9.17, 15) is 0 Å². The van der Waals surface area contributed by atoms with Crippen molar-refractivity contribution >= 4 is 84.9 Å². The highest BCUT2D eigenvalue weighted by atomic mass is 29.6. The van der Waals surface area contributed by atoms with Crippen LogP contribution in [0.3, 0.4) is 0 Å². The van der Waals surface area contributed by atoms with Crippen LogP contribution in [0, 0.1) is 0 Å². The zero-order valence-corrected chi connectivity index (χ0v) is 66.7. The molecule has 0 aromatic heterocycles. The summed E-state index contributed by atoms with van der Waals surface area (Å²) in [7, 11) is -16.7. The standard InChI is InChI=1S/C10H24O5Si6.C5H12O2Si.C2H12O3Si3.16C2H6/c1-8-19(6)11-16(4)18-13-21(10-3,14-19)15-20(7,9-2)12-17(18)5;1-5-8(4,6-2)7-3;1-6(3)8(5)7(2)4;16*1-2/h8-10,16-18H,1-3H2,4-7H3;5H,1H2,2-4H3;3-8H,1-2H3;16*1-2H3. The minimum atomic E-state index is -2.98. The van der Waals surface area contributed by atoms with Crippen LogP contribution in [-0.2, 0) is 29.4 Å². The van der Waals surface area contributed by atoms with Crippen molar-refractivity contribution in [2.75, 3.05) is 14.2 Å². The molecule has 6 atom stereocenters. The summed E-state index contributed by atoms with van der Waals surface area (Å²) in [6.45, 7) is 93.0. The Balaban J connectivity index is -0.0000000321. The van der Waals surface area contributed by atoms with Gasteiger partial charge in [0.1, 0.15) is 0 Å². The quantitative estimate of drug-likeness (QED) is 0.202. The van der Waals surface area contributed by atoms with E-state index in [1.54, 1.807) is 38.7 Å². The Morgan fingerprint density at radius 3 is 0.739 bits per heavy atom. The van der Waals surface area contributed by atoms with Crippen molar-refractivity contribution in [2.45, 2.75) is 267 Å². The third kappa shape index (κ3) is 80.3. The van der Waals surface area contributed by atoms with Crippen LogP contribution in [0.4, 0.5) is 0 Å². The second kappa shape index (κ2) is 109. The van der Waals surface area contributed by atoms with Crippen LogP contribution in [0.5, 0.6) is 0 Å². The third-order valence-electron chi connectivity index (χ3n) is 5.92. The first-order valence-electron chi connectivity index (χ1n) is 28.1. The molecule has 2 rings (SSSR count). The molecule has 20 heteroatoms. The molecule has 2 heterocycles. The Morgan fingerprint density at radius 2 is 0.638 bits per heavy atom. The normalized spacial score (nSPS) is 20.7. The number of hydrogen-bond donors (Lipinski definition) is 3. The number of hydrogen-bond acceptors (Lipinski definition) is 10. The molecule has 2 saturated heterocycles. The molecule has 0 aromatic carbocycles. The highest BCUT2D eigenvalue weighted by Gasteiger charge is 2.60. The van der Waals surface area contributed by atoms with Gasteiger partial charge in [-0.3, -0.25) is 0 Å². The van der Waals surface area contributed by atoms with Crippen molar-refractivity contribution in [1.82, 2.24) is 0 Å². The van der Waals surface area contributed by atoms with Gasteiger partial charge in [0.05, 0.1) is 0 Å². The molecule has 0 spiro atoms. The summed E-state index contributed by atoms with van der Waals surface area (Å²) < 4.78 is 41.9. The van der Waals surface area contributed by atoms with Crippen LogP contribution in [0.2, 0.25) is 45.8 Å². The van der Waals surface area contributed by atoms with E-state index in [1.807, 2.05) is 253 Å². The molecular weight excluding hydrogens is 1030 g/mol. The molecule has 6 unspecified atom stereocenters. The Kier molecular flexibility index (Phi) is 188. The summed E-state index contributed by atoms with van der Waals surface area (Å²) in [4.78, 5) is 26.6. The minimum Gasteiger partial charge on any atom is -0.437 e. The molecule has 0 aromatic rings. The molecule has 3 N–H and O–H groups in total. The third-order valence-corrected chi connectivity index (χ3v) is 64.9. The predicted octanol–water partition coefficient (Wildman–Crippen LogP) is 16.0. The maximum Gasteiger partial charge on any atom is 0.500 e. The van der Waals surface area contributed by atoms with Crippen LogP contribution in [0.15, 0.2) is 49.1 Å². The summed E-state index contributed by atoms with van der Waals surface area (Å²) in [6, 6.07) is 0. The Hall–Kier alpha value is 0.729. The number of rotatable bonds is 8. The first-order valence-corrected chi connectivity index (χ1v) is 55.3. The molecule has 2 fully saturated rings. The maximum absolute atomic E-state index is 8.97. The maximum atomic E-state index is 8.97. The van der Waals surface area contributed by atoms with Crippen molar-refractivity contribution in [3.8, 4) is 0 Å². The van der Waals surface area contributed by atoms with Crippen molar-refractivity contribution in [2.24, 2.45) is 0 Å². The summed E-state index contributed by atoms with van der Waals surface area (Å²) >= 11 is 0. The Morgan fingerprint density at radius 1 is 0.435 bits per heavy atom. The van der Waals surface area contributed by atoms with E-state index in [0.29, 0.717) is 0 Å². The molecule has 2 aliphatic heterocycles. The fourth-order valence-corrected chi connectivity index (χ4v) is 62.6. The average molecular weight is 1170 g/mol. The molecule has 2 aliphatic rings. The summed E-state index contributed by atoms with van der Waals surface area (Å²) in [5, 5.41) is 0. The number of fused-ring (bicyclic) bond motifs is 2. The Labute approximate surface area is 456 Å². The van der Waals surface area contributed by atoms with Crippen LogP contribution >= 0.6 is 0 Å². The first-order chi connectivity index (χ1) is 32.9. The predicted molar refractivity (Wildman–Crippen MR) is 355 cm³/mol. The van der Waals surface area contributed by atoms with E-state index < -0.39 is 84.9 Å². The lowest BCUT2D eigenvalue weighted by atomic mass is 11.0. The summed E-state index contributed by atoms with van der Waals surface area (Å²) in [6.07, 6.45) is 0. The molecule has 69 heavy (non-hydrogen) atoms. The second-order valence-electron chi connectivity index (χ2n) is 9.28. The molecule has 440 valence electrons. The molecule has 0 radical (unpaired) electrons. The van der Waals surface area contributed by atoms with E-state index in [0.717, 1.165) is 0 Å². The van der Waals surface area contributed by atoms with Gasteiger partial charge >= 0.3 is 34.5 Å². The fourth-order valence-electron chi connectivity index (χ4n) is 3.28. The highest BCUT2D eigenvalue weighted by molar-refractivity contribution is 7.47. The van der Waals surface area contributed by atoms with Gasteiger partial charge in [-0.2, -0.15) is 0 Å². The molecule has 2 bridgehead atoms. The van der Waals surface area contributed by atoms with Crippen LogP contribution < -0.4 is 0 Å². The average Bonchev–Trinajstić information content (AvgIpc) is 3.65. The van der Waals surface area contributed by atoms with Gasteiger partial charge in [0.15, 0.2) is 42.3 Å². The first kappa shape index (κ1) is 118. The van der Waals surface area contributed by atoms with Crippen molar-refractivity contribution < 1.29 is 43.8 Å². The van der Waals surface area contributed by atoms with E-state index >= 15 is 0 Å². The fraction of sp³-hybridized carbons (Fsp3) is 0.837. The van der Waals surface area contributed by atoms with E-state index in [4.69, 9.17) is 43.8 Å². The highest BCUT2D eigenvalue weighted by Crippen LogP contribution is 2.33. The van der Waals surface area contributed by atoms with Gasteiger partial charge in [-0.25, -0.2) is 0 Å². The van der Waals surface area contributed by atoms with Gasteiger partial charge in [-0.1, -0.05) is 246 Å². The van der Waals surface area contributed by atoms with E-state index in [-0.39, 0.29) is 0 Å². The SMILES string of the molecule is C=C[Si](C)(OC)OC.C=C[Si]1(C)O[SiH](C)[SiH]2O[Si](C=C)(O1)O[Si](C)(C=C)O[SiH]2C.CC.CC.CC.CC.CC.CC.CC.CC.CC.CC.CC.CC.CC.CC.CC.CC.C[SiH](O)[SiH](O)[SiH](C)O. The topological polar surface area (TPSA) is 125 Å². The lowest BCUT2D eigenvalue weighted by Gasteiger charge is -2.36. The summed E-state index contributed by atoms with van der Waals surface area (Å²) in [5.41, 5.74) is 7.13. The molecular formula is C49H144O10Si10. The van der Waals surface area contributed by atoms with Gasteiger partial charge in [0, 0.05) is 14.2 Å². The second-order valence-corrected chi connectivity index (χ2v) is 55.3. The lowest BCUT2D eigenvalue weighted by molar-refractivity contribution is 0.251. The Bertz CT molecular complexity index is 743. The smallest absolute Gasteiger partial charge is 0.437 e. The van der Waals surface area contributed by atoms with Crippen molar-refractivity contribution in [3.05, 3.63) is 49.1 Å². The van der Waals surface area contributed by atoms with Crippen LogP contribution in [-0.4, -0.2) is 113 Å². The molecule has 0 amide bonds. The van der Waals surface area contributed by atoms with E-state index in [2.05, 4.69) is 39.4 Å². The van der Waals surface area contributed by atoms with Gasteiger partial charge in [-0.05, 0) is 44.1 Å². The molecule has 0 aliphatic carbocycles. The lowest BCUT2D eigenvalue weighted by Crippen LogP contribution is -2.57.